The van der Waals surface area contributed by atoms with Gasteiger partial charge in [0.15, 0.2) is 5.78 Å². The highest BCUT2D eigenvalue weighted by atomic mass is 16.5. The number of fused-ring (bicyclic) bond motifs is 1. The first-order valence-electron chi connectivity index (χ1n) is 10.2. The standard InChI is InChI=1S/C24H23N5O2/c1-31-16-9-7-14(8-10-16)19-20-17(27-23-21(19)22(25)28-24(26)29-23)11-15(12-18(20)30)13-5-3-2-4-6-13/h2-10,15,19H,11-12H2,1H3,(H5,25,26,27,28,29)/t15-,19-/m1/s1. The van der Waals surface area contributed by atoms with Crippen LogP contribution in [0.2, 0.25) is 0 Å². The molecule has 2 atom stereocenters. The van der Waals surface area contributed by atoms with E-state index in [0.717, 1.165) is 28.1 Å². The molecule has 2 aliphatic rings. The van der Waals surface area contributed by atoms with E-state index in [9.17, 15) is 4.79 Å². The maximum atomic E-state index is 13.5. The molecule has 0 bridgehead atoms. The molecule has 7 heteroatoms. The fourth-order valence-electron chi connectivity index (χ4n) is 4.65. The van der Waals surface area contributed by atoms with Crippen molar-refractivity contribution in [3.05, 3.63) is 82.6 Å². The highest BCUT2D eigenvalue weighted by Crippen LogP contribution is 2.49. The number of nitrogen functional groups attached to an aromatic ring is 2. The lowest BCUT2D eigenvalue weighted by atomic mass is 9.72. The largest absolute Gasteiger partial charge is 0.497 e. The van der Waals surface area contributed by atoms with Gasteiger partial charge in [-0.25, -0.2) is 0 Å². The Morgan fingerprint density at radius 1 is 0.968 bits per heavy atom. The molecule has 156 valence electrons. The number of nitrogens with two attached hydrogens (primary N) is 2. The van der Waals surface area contributed by atoms with Crippen molar-refractivity contribution < 1.29 is 9.53 Å². The zero-order valence-electron chi connectivity index (χ0n) is 17.1. The second-order valence-corrected chi connectivity index (χ2v) is 7.89. The van der Waals surface area contributed by atoms with Crippen LogP contribution in [0.1, 0.15) is 41.4 Å². The summed E-state index contributed by atoms with van der Waals surface area (Å²) in [6.45, 7) is 0. The van der Waals surface area contributed by atoms with Crippen LogP contribution in [0.5, 0.6) is 5.75 Å². The predicted molar refractivity (Wildman–Crippen MR) is 120 cm³/mol. The van der Waals surface area contributed by atoms with Crippen LogP contribution < -0.4 is 21.5 Å². The zero-order valence-corrected chi connectivity index (χ0v) is 17.1. The van der Waals surface area contributed by atoms with Crippen LogP contribution in [0, 0.1) is 0 Å². The molecule has 0 spiro atoms. The van der Waals surface area contributed by atoms with Gasteiger partial charge in [-0.1, -0.05) is 42.5 Å². The molecule has 0 radical (unpaired) electrons. The second kappa shape index (κ2) is 7.43. The molecule has 7 nitrogen and oxygen atoms in total. The van der Waals surface area contributed by atoms with Gasteiger partial charge >= 0.3 is 0 Å². The molecule has 5 rings (SSSR count). The molecule has 3 aromatic rings. The minimum Gasteiger partial charge on any atom is -0.497 e. The molecule has 1 aromatic heterocycles. The molecule has 0 saturated carbocycles. The minimum atomic E-state index is -0.359. The predicted octanol–water partition coefficient (Wildman–Crippen LogP) is 3.61. The zero-order chi connectivity index (χ0) is 21.5. The topological polar surface area (TPSA) is 116 Å². The van der Waals surface area contributed by atoms with Gasteiger partial charge < -0.3 is 21.5 Å². The van der Waals surface area contributed by atoms with Crippen molar-refractivity contribution in [2.24, 2.45) is 0 Å². The summed E-state index contributed by atoms with van der Waals surface area (Å²) in [7, 11) is 1.62. The number of nitrogens with one attached hydrogen (secondary N) is 1. The van der Waals surface area contributed by atoms with Gasteiger partial charge in [0, 0.05) is 29.2 Å². The van der Waals surface area contributed by atoms with Gasteiger partial charge in [0.25, 0.3) is 0 Å². The third kappa shape index (κ3) is 3.28. The van der Waals surface area contributed by atoms with E-state index < -0.39 is 0 Å². The van der Waals surface area contributed by atoms with Gasteiger partial charge in [-0.3, -0.25) is 4.79 Å². The van der Waals surface area contributed by atoms with Gasteiger partial charge in [0.2, 0.25) is 5.95 Å². The van der Waals surface area contributed by atoms with Crippen LogP contribution in [0.3, 0.4) is 0 Å². The summed E-state index contributed by atoms with van der Waals surface area (Å²) in [5.74, 6) is 1.53. The molecule has 1 aliphatic carbocycles. The van der Waals surface area contributed by atoms with Crippen LogP contribution in [-0.4, -0.2) is 22.9 Å². The molecular weight excluding hydrogens is 390 g/mol. The van der Waals surface area contributed by atoms with Crippen molar-refractivity contribution in [2.75, 3.05) is 23.9 Å². The van der Waals surface area contributed by atoms with Crippen LogP contribution in [0.15, 0.2) is 65.9 Å². The summed E-state index contributed by atoms with van der Waals surface area (Å²) >= 11 is 0. The third-order valence-electron chi connectivity index (χ3n) is 6.07. The fourth-order valence-corrected chi connectivity index (χ4v) is 4.65. The molecule has 31 heavy (non-hydrogen) atoms. The molecule has 1 aliphatic heterocycles. The monoisotopic (exact) mass is 413 g/mol. The van der Waals surface area contributed by atoms with Crippen molar-refractivity contribution in [1.29, 1.82) is 0 Å². The summed E-state index contributed by atoms with van der Waals surface area (Å²) in [4.78, 5) is 22.0. The Bertz CT molecular complexity index is 1190. The third-order valence-corrected chi connectivity index (χ3v) is 6.07. The SMILES string of the molecule is COc1ccc([C@@H]2C3=C(C[C@@H](c4ccccc4)CC3=O)Nc3nc(N)nc(N)c32)cc1. The van der Waals surface area contributed by atoms with E-state index in [2.05, 4.69) is 27.4 Å². The van der Waals surface area contributed by atoms with E-state index in [1.54, 1.807) is 7.11 Å². The quantitative estimate of drug-likeness (QED) is 0.601. The Hall–Kier alpha value is -3.87. The van der Waals surface area contributed by atoms with Crippen molar-refractivity contribution >= 4 is 23.4 Å². The number of anilines is 3. The number of ether oxygens (including phenoxy) is 1. The Morgan fingerprint density at radius 2 is 1.71 bits per heavy atom. The maximum absolute atomic E-state index is 13.5. The number of hydrogen-bond acceptors (Lipinski definition) is 7. The number of allylic oxidation sites excluding steroid dienone is 2. The number of rotatable bonds is 3. The number of nitrogens with zero attached hydrogens (tertiary/aromatic N) is 2. The Balaban J connectivity index is 1.65. The number of methoxy groups -OCH3 is 1. The number of ketones is 1. The van der Waals surface area contributed by atoms with Crippen molar-refractivity contribution in [3.63, 3.8) is 0 Å². The van der Waals surface area contributed by atoms with Gasteiger partial charge in [-0.15, -0.1) is 0 Å². The van der Waals surface area contributed by atoms with Gasteiger partial charge in [-0.05, 0) is 35.6 Å². The normalized spacial score (nSPS) is 20.0. The fraction of sp³-hybridized carbons (Fsp3) is 0.208. The molecule has 0 fully saturated rings. The summed E-state index contributed by atoms with van der Waals surface area (Å²) in [5, 5.41) is 3.36. The van der Waals surface area contributed by atoms with Gasteiger partial charge in [0.1, 0.15) is 17.4 Å². The Labute approximate surface area is 180 Å². The van der Waals surface area contributed by atoms with E-state index in [4.69, 9.17) is 16.2 Å². The first-order chi connectivity index (χ1) is 15.0. The number of aromatic nitrogens is 2. The van der Waals surface area contributed by atoms with E-state index in [0.29, 0.717) is 24.2 Å². The number of carbonyl (C=O) groups is 1. The molecular formula is C24H23N5O2. The summed E-state index contributed by atoms with van der Waals surface area (Å²) < 4.78 is 5.30. The molecule has 2 aromatic carbocycles. The van der Waals surface area contributed by atoms with Gasteiger partial charge in [-0.2, -0.15) is 9.97 Å². The first-order valence-corrected chi connectivity index (χ1v) is 10.2. The summed E-state index contributed by atoms with van der Waals surface area (Å²) in [6, 6.07) is 17.8. The summed E-state index contributed by atoms with van der Waals surface area (Å²) in [6.07, 6.45) is 1.16. The average Bonchev–Trinajstić information content (AvgIpc) is 2.78. The lowest BCUT2D eigenvalue weighted by Gasteiger charge is -2.36. The van der Waals surface area contributed by atoms with E-state index in [1.807, 2.05) is 42.5 Å². The second-order valence-electron chi connectivity index (χ2n) is 7.89. The Kier molecular flexibility index (Phi) is 4.58. The summed E-state index contributed by atoms with van der Waals surface area (Å²) in [5.41, 5.74) is 16.5. The lowest BCUT2D eigenvalue weighted by molar-refractivity contribution is -0.116. The van der Waals surface area contributed by atoms with Crippen LogP contribution in [0.25, 0.3) is 0 Å². The molecule has 0 amide bonds. The van der Waals surface area contributed by atoms with E-state index >= 15 is 0 Å². The van der Waals surface area contributed by atoms with Crippen molar-refractivity contribution in [3.8, 4) is 5.75 Å². The smallest absolute Gasteiger partial charge is 0.223 e. The number of hydrogen-bond donors (Lipinski definition) is 3. The van der Waals surface area contributed by atoms with Crippen LogP contribution in [0.4, 0.5) is 17.6 Å². The lowest BCUT2D eigenvalue weighted by Crippen LogP contribution is -2.31. The number of carbonyl (C=O) groups excluding carboxylic acids is 1. The molecule has 2 heterocycles. The van der Waals surface area contributed by atoms with Crippen molar-refractivity contribution in [2.45, 2.75) is 24.7 Å². The van der Waals surface area contributed by atoms with E-state index in [1.165, 1.54) is 0 Å². The highest BCUT2D eigenvalue weighted by molar-refractivity contribution is 6.02. The van der Waals surface area contributed by atoms with Crippen LogP contribution in [-0.2, 0) is 4.79 Å². The van der Waals surface area contributed by atoms with Crippen molar-refractivity contribution in [1.82, 2.24) is 9.97 Å². The molecule has 0 saturated heterocycles. The van der Waals surface area contributed by atoms with Gasteiger partial charge in [0.05, 0.1) is 7.11 Å². The number of Topliss-reactive ketones (excluding diaryl/α,β-unsaturated/α-hetero) is 1. The first kappa shape index (κ1) is 19.1. The molecule has 5 N–H and O–H groups in total. The highest BCUT2D eigenvalue weighted by Gasteiger charge is 2.40. The minimum absolute atomic E-state index is 0.100. The molecule has 0 unspecified atom stereocenters. The van der Waals surface area contributed by atoms with E-state index in [-0.39, 0.29) is 29.4 Å². The average molecular weight is 413 g/mol. The van der Waals surface area contributed by atoms with Crippen LogP contribution >= 0.6 is 0 Å². The maximum Gasteiger partial charge on any atom is 0.223 e. The Morgan fingerprint density at radius 3 is 2.42 bits per heavy atom. The number of benzene rings is 2.